The summed E-state index contributed by atoms with van der Waals surface area (Å²) in [5.41, 5.74) is 3.39. The number of aliphatic hydroxyl groups excluding tert-OH is 1. The van der Waals surface area contributed by atoms with E-state index >= 15 is 0 Å². The number of hydrogen-bond acceptors (Lipinski definition) is 6. The van der Waals surface area contributed by atoms with Crippen LogP contribution in [0.5, 0.6) is 5.75 Å². The van der Waals surface area contributed by atoms with Gasteiger partial charge in [0.05, 0.1) is 35.6 Å². The van der Waals surface area contributed by atoms with Crippen molar-refractivity contribution in [2.75, 3.05) is 29.6 Å². The number of hydrogen-bond donors (Lipinski definition) is 6. The molecule has 6 N–H and O–H groups in total. The van der Waals surface area contributed by atoms with Gasteiger partial charge < -0.3 is 35.8 Å². The second-order valence-electron chi connectivity index (χ2n) is 8.50. The number of fused-ring (bicyclic) bond motifs is 1. The van der Waals surface area contributed by atoms with Gasteiger partial charge in [-0.15, -0.1) is 0 Å². The lowest BCUT2D eigenvalue weighted by Gasteiger charge is -2.14. The molecule has 3 aromatic carbocycles. The molecule has 0 spiro atoms. The van der Waals surface area contributed by atoms with Gasteiger partial charge in [-0.05, 0) is 35.9 Å². The van der Waals surface area contributed by atoms with Crippen molar-refractivity contribution >= 4 is 34.1 Å². The van der Waals surface area contributed by atoms with E-state index in [1.54, 1.807) is 55.6 Å². The van der Waals surface area contributed by atoms with Crippen LogP contribution in [0.3, 0.4) is 0 Å². The monoisotopic (exact) mass is 510 g/mol. The average Bonchev–Trinajstić information content (AvgIpc) is 3.37. The Morgan fingerprint density at radius 2 is 1.82 bits per heavy atom. The van der Waals surface area contributed by atoms with Crippen LogP contribution in [0.1, 0.15) is 11.7 Å². The van der Waals surface area contributed by atoms with E-state index in [4.69, 9.17) is 4.74 Å². The number of ether oxygens (including phenoxy) is 1. The first-order valence-corrected chi connectivity index (χ1v) is 11.9. The fraction of sp³-hybridized carbons (Fsp3) is 0.107. The molecule has 10 nitrogen and oxygen atoms in total. The molecule has 0 aliphatic heterocycles. The Hall–Kier alpha value is -5.09. The number of anilines is 3. The number of H-pyrrole nitrogens is 2. The molecular formula is C28H26N6O4. The Kier molecular flexibility index (Phi) is 7.05. The SMILES string of the molecule is COc1cccc(NC(=O)Nc2cccc3nc(-c4c(NC[C@@H](O)c5ccccc5)cc[nH]c4=O)[nH]c23)c1. The summed E-state index contributed by atoms with van der Waals surface area (Å²) in [6.07, 6.45) is 0.764. The summed E-state index contributed by atoms with van der Waals surface area (Å²) >= 11 is 0. The minimum Gasteiger partial charge on any atom is -0.497 e. The molecule has 0 fully saturated rings. The van der Waals surface area contributed by atoms with Crippen LogP contribution < -0.4 is 26.2 Å². The summed E-state index contributed by atoms with van der Waals surface area (Å²) in [6.45, 7) is 0.192. The zero-order valence-electron chi connectivity index (χ0n) is 20.5. The van der Waals surface area contributed by atoms with Crippen LogP contribution in [-0.2, 0) is 0 Å². The highest BCUT2D eigenvalue weighted by atomic mass is 16.5. The molecule has 0 aliphatic rings. The number of amides is 2. The second kappa shape index (κ2) is 10.9. The number of nitrogens with one attached hydrogen (secondary N) is 5. The number of nitrogens with zero attached hydrogens (tertiary/aromatic N) is 1. The number of carbonyl (C=O) groups excluding carboxylic acids is 1. The summed E-state index contributed by atoms with van der Waals surface area (Å²) in [6, 6.07) is 22.8. The molecule has 0 radical (unpaired) electrons. The van der Waals surface area contributed by atoms with Crippen LogP contribution in [0, 0.1) is 0 Å². The maximum absolute atomic E-state index is 12.8. The van der Waals surface area contributed by atoms with E-state index in [2.05, 4.69) is 30.9 Å². The quantitative estimate of drug-likeness (QED) is 0.178. The number of imidazole rings is 1. The zero-order valence-corrected chi connectivity index (χ0v) is 20.5. The number of pyridine rings is 1. The Balaban J connectivity index is 1.39. The first kappa shape index (κ1) is 24.6. The summed E-state index contributed by atoms with van der Waals surface area (Å²) in [4.78, 5) is 36.0. The second-order valence-corrected chi connectivity index (χ2v) is 8.50. The molecule has 5 rings (SSSR count). The third kappa shape index (κ3) is 5.35. The minimum absolute atomic E-state index is 0.192. The number of carbonyl (C=O) groups is 1. The molecule has 1 atom stereocenters. The predicted molar refractivity (Wildman–Crippen MR) is 148 cm³/mol. The summed E-state index contributed by atoms with van der Waals surface area (Å²) < 4.78 is 5.20. The summed E-state index contributed by atoms with van der Waals surface area (Å²) in [5.74, 6) is 0.942. The van der Waals surface area contributed by atoms with Gasteiger partial charge in [-0.3, -0.25) is 4.79 Å². The molecule has 5 aromatic rings. The fourth-order valence-corrected chi connectivity index (χ4v) is 4.10. The van der Waals surface area contributed by atoms with Crippen LogP contribution in [0.4, 0.5) is 21.9 Å². The first-order valence-electron chi connectivity index (χ1n) is 11.9. The van der Waals surface area contributed by atoms with E-state index in [9.17, 15) is 14.7 Å². The van der Waals surface area contributed by atoms with Crippen LogP contribution in [-0.4, -0.2) is 39.7 Å². The largest absolute Gasteiger partial charge is 0.497 e. The van der Waals surface area contributed by atoms with E-state index in [1.807, 2.05) is 30.3 Å². The molecule has 0 bridgehead atoms. The lowest BCUT2D eigenvalue weighted by Crippen LogP contribution is -2.19. The number of benzene rings is 3. The molecule has 2 amide bonds. The Labute approximate surface area is 217 Å². The molecule has 2 aromatic heterocycles. The molecule has 0 aliphatic carbocycles. The van der Waals surface area contributed by atoms with Crippen molar-refractivity contribution < 1.29 is 14.6 Å². The fourth-order valence-electron chi connectivity index (χ4n) is 4.10. The normalized spacial score (nSPS) is 11.6. The molecule has 38 heavy (non-hydrogen) atoms. The van der Waals surface area contributed by atoms with E-state index < -0.39 is 12.1 Å². The zero-order chi connectivity index (χ0) is 26.5. The number of methoxy groups -OCH3 is 1. The van der Waals surface area contributed by atoms with Crippen molar-refractivity contribution in [3.8, 4) is 17.1 Å². The number of rotatable bonds is 8. The van der Waals surface area contributed by atoms with E-state index in [-0.39, 0.29) is 17.7 Å². The van der Waals surface area contributed by atoms with Gasteiger partial charge in [-0.1, -0.05) is 42.5 Å². The molecule has 0 saturated carbocycles. The van der Waals surface area contributed by atoms with Gasteiger partial charge >= 0.3 is 6.03 Å². The van der Waals surface area contributed by atoms with Gasteiger partial charge in [0.25, 0.3) is 5.56 Å². The standard InChI is InChI=1S/C28H26N6O4/c1-38-19-10-5-9-18(15-19)31-28(37)33-22-12-6-11-21-25(22)34-26(32-21)24-20(13-14-29-27(24)36)30-16-23(35)17-7-3-2-4-8-17/h2-15,23,35H,16H2,1H3,(H,32,34)(H2,29,30,36)(H2,31,33,37)/t23-/m1/s1. The Morgan fingerprint density at radius 3 is 2.63 bits per heavy atom. The first-order chi connectivity index (χ1) is 18.5. The van der Waals surface area contributed by atoms with Gasteiger partial charge in [0.1, 0.15) is 17.1 Å². The lowest BCUT2D eigenvalue weighted by molar-refractivity contribution is 0.191. The maximum atomic E-state index is 12.8. The highest BCUT2D eigenvalue weighted by Crippen LogP contribution is 2.28. The molecule has 192 valence electrons. The Bertz CT molecular complexity index is 1630. The molecule has 0 unspecified atom stereocenters. The van der Waals surface area contributed by atoms with Crippen molar-refractivity contribution in [2.24, 2.45) is 0 Å². The molecular weight excluding hydrogens is 484 g/mol. The molecule has 0 saturated heterocycles. The summed E-state index contributed by atoms with van der Waals surface area (Å²) in [5, 5.41) is 19.3. The van der Waals surface area contributed by atoms with Crippen molar-refractivity contribution in [2.45, 2.75) is 6.10 Å². The Morgan fingerprint density at radius 1 is 1.00 bits per heavy atom. The molecule has 2 heterocycles. The van der Waals surface area contributed by atoms with Gasteiger partial charge in [-0.2, -0.15) is 0 Å². The number of aliphatic hydroxyl groups is 1. The van der Waals surface area contributed by atoms with Gasteiger partial charge in [0.15, 0.2) is 0 Å². The number of aromatic amines is 2. The molecule has 10 heteroatoms. The average molecular weight is 511 g/mol. The minimum atomic E-state index is -0.766. The van der Waals surface area contributed by atoms with Crippen molar-refractivity contribution in [1.29, 1.82) is 0 Å². The van der Waals surface area contributed by atoms with Crippen molar-refractivity contribution in [3.63, 3.8) is 0 Å². The van der Waals surface area contributed by atoms with Crippen LogP contribution >= 0.6 is 0 Å². The van der Waals surface area contributed by atoms with Gasteiger partial charge in [0, 0.05) is 24.5 Å². The number of urea groups is 1. The number of aromatic nitrogens is 3. The van der Waals surface area contributed by atoms with Crippen molar-refractivity contribution in [1.82, 2.24) is 15.0 Å². The van der Waals surface area contributed by atoms with E-state index in [0.717, 1.165) is 5.56 Å². The highest BCUT2D eigenvalue weighted by molar-refractivity contribution is 6.05. The van der Waals surface area contributed by atoms with Gasteiger partial charge in [-0.25, -0.2) is 9.78 Å². The van der Waals surface area contributed by atoms with Crippen LogP contribution in [0.25, 0.3) is 22.4 Å². The van der Waals surface area contributed by atoms with Crippen LogP contribution in [0.15, 0.2) is 89.9 Å². The third-order valence-corrected chi connectivity index (χ3v) is 5.96. The van der Waals surface area contributed by atoms with Gasteiger partial charge in [0.2, 0.25) is 0 Å². The van der Waals surface area contributed by atoms with Crippen molar-refractivity contribution in [3.05, 3.63) is 101 Å². The highest BCUT2D eigenvalue weighted by Gasteiger charge is 2.17. The topological polar surface area (TPSA) is 144 Å². The number of para-hydroxylation sites is 1. The van der Waals surface area contributed by atoms with E-state index in [0.29, 0.717) is 39.7 Å². The summed E-state index contributed by atoms with van der Waals surface area (Å²) in [7, 11) is 1.56. The third-order valence-electron chi connectivity index (χ3n) is 5.96. The van der Waals surface area contributed by atoms with Crippen LogP contribution in [0.2, 0.25) is 0 Å². The lowest BCUT2D eigenvalue weighted by atomic mass is 10.1. The van der Waals surface area contributed by atoms with E-state index in [1.165, 1.54) is 6.20 Å². The smallest absolute Gasteiger partial charge is 0.323 e. The predicted octanol–water partition coefficient (Wildman–Crippen LogP) is 4.72. The maximum Gasteiger partial charge on any atom is 0.323 e.